The van der Waals surface area contributed by atoms with Crippen LogP contribution in [0, 0.1) is 5.82 Å². The summed E-state index contributed by atoms with van der Waals surface area (Å²) in [5, 5.41) is 3.55. The first-order chi connectivity index (χ1) is 7.29. The average molecular weight is 208 g/mol. The van der Waals surface area contributed by atoms with Gasteiger partial charge in [-0.25, -0.2) is 4.39 Å². The molecule has 0 bridgehead atoms. The summed E-state index contributed by atoms with van der Waals surface area (Å²) in [6.45, 7) is 2.13. The molecule has 0 saturated heterocycles. The molecular formula is C12H17FN2. The van der Waals surface area contributed by atoms with Gasteiger partial charge in [0.2, 0.25) is 0 Å². The largest absolute Gasteiger partial charge is 0.306 e. The zero-order valence-electron chi connectivity index (χ0n) is 9.04. The molecule has 15 heavy (non-hydrogen) atoms. The van der Waals surface area contributed by atoms with Crippen LogP contribution in [0.25, 0.3) is 0 Å². The summed E-state index contributed by atoms with van der Waals surface area (Å²) in [6, 6.07) is 4.17. The Labute approximate surface area is 89.9 Å². The van der Waals surface area contributed by atoms with Crippen LogP contribution in [0.1, 0.15) is 44.3 Å². The number of hydrogen-bond donors (Lipinski definition) is 1. The Kier molecular flexibility index (Phi) is 3.31. The van der Waals surface area contributed by atoms with Crippen molar-refractivity contribution in [3.05, 3.63) is 29.8 Å². The van der Waals surface area contributed by atoms with E-state index >= 15 is 0 Å². The smallest absolute Gasteiger partial charge is 0.141 e. The van der Waals surface area contributed by atoms with E-state index in [4.69, 9.17) is 0 Å². The Bertz CT molecular complexity index is 306. The summed E-state index contributed by atoms with van der Waals surface area (Å²) in [5.41, 5.74) is 0.950. The molecule has 1 aromatic heterocycles. The van der Waals surface area contributed by atoms with E-state index in [0.29, 0.717) is 6.04 Å². The van der Waals surface area contributed by atoms with Gasteiger partial charge in [0.15, 0.2) is 0 Å². The zero-order valence-corrected chi connectivity index (χ0v) is 9.04. The summed E-state index contributed by atoms with van der Waals surface area (Å²) >= 11 is 0. The van der Waals surface area contributed by atoms with Gasteiger partial charge in [-0.05, 0) is 31.4 Å². The van der Waals surface area contributed by atoms with Gasteiger partial charge in [0.05, 0.1) is 11.9 Å². The van der Waals surface area contributed by atoms with Gasteiger partial charge in [0, 0.05) is 12.1 Å². The molecule has 82 valence electrons. The predicted molar refractivity (Wildman–Crippen MR) is 58.0 cm³/mol. The van der Waals surface area contributed by atoms with Crippen molar-refractivity contribution in [2.45, 2.75) is 44.7 Å². The van der Waals surface area contributed by atoms with E-state index < -0.39 is 0 Å². The maximum absolute atomic E-state index is 12.7. The van der Waals surface area contributed by atoms with Gasteiger partial charge >= 0.3 is 0 Å². The predicted octanol–water partition coefficient (Wildman–Crippen LogP) is 2.81. The van der Waals surface area contributed by atoms with Crippen molar-refractivity contribution in [3.8, 4) is 0 Å². The van der Waals surface area contributed by atoms with Gasteiger partial charge in [-0.3, -0.25) is 4.98 Å². The number of halogens is 1. The molecule has 1 fully saturated rings. The maximum atomic E-state index is 12.7. The van der Waals surface area contributed by atoms with Gasteiger partial charge in [-0.1, -0.05) is 13.3 Å². The van der Waals surface area contributed by atoms with Crippen molar-refractivity contribution < 1.29 is 4.39 Å². The van der Waals surface area contributed by atoms with E-state index in [-0.39, 0.29) is 11.9 Å². The van der Waals surface area contributed by atoms with Crippen LogP contribution in [-0.2, 0) is 0 Å². The number of pyridine rings is 1. The summed E-state index contributed by atoms with van der Waals surface area (Å²) in [5.74, 6) is -0.266. The van der Waals surface area contributed by atoms with Crippen LogP contribution >= 0.6 is 0 Å². The molecule has 0 radical (unpaired) electrons. The number of aromatic nitrogens is 1. The first kappa shape index (κ1) is 10.6. The van der Waals surface area contributed by atoms with Crippen LogP contribution in [0.15, 0.2) is 18.3 Å². The van der Waals surface area contributed by atoms with E-state index in [2.05, 4.69) is 17.2 Å². The van der Waals surface area contributed by atoms with Crippen LogP contribution < -0.4 is 5.32 Å². The first-order valence-electron chi connectivity index (χ1n) is 5.67. The third-order valence-electron chi connectivity index (χ3n) is 3.06. The second-order valence-electron chi connectivity index (χ2n) is 4.16. The van der Waals surface area contributed by atoms with Gasteiger partial charge in [0.1, 0.15) is 5.82 Å². The van der Waals surface area contributed by atoms with E-state index in [1.807, 2.05) is 0 Å². The number of hydrogen-bond acceptors (Lipinski definition) is 2. The number of nitrogens with zero attached hydrogens (tertiary/aromatic N) is 1. The van der Waals surface area contributed by atoms with Crippen LogP contribution in [0.4, 0.5) is 4.39 Å². The van der Waals surface area contributed by atoms with Gasteiger partial charge in [0.25, 0.3) is 0 Å². The van der Waals surface area contributed by atoms with Gasteiger partial charge in [-0.15, -0.1) is 0 Å². The van der Waals surface area contributed by atoms with Crippen LogP contribution in [0.2, 0.25) is 0 Å². The molecule has 1 saturated carbocycles. The molecule has 1 unspecified atom stereocenters. The van der Waals surface area contributed by atoms with Gasteiger partial charge < -0.3 is 5.32 Å². The Morgan fingerprint density at radius 2 is 2.33 bits per heavy atom. The lowest BCUT2D eigenvalue weighted by molar-refractivity contribution is 0.299. The fraction of sp³-hybridized carbons (Fsp3) is 0.583. The Morgan fingerprint density at radius 1 is 1.53 bits per heavy atom. The standard InChI is InChI=1S/C12H17FN2/c1-2-11(15-10-4-3-5-10)12-7-6-9(13)8-14-12/h6-8,10-11,15H,2-5H2,1H3. The van der Waals surface area contributed by atoms with Crippen molar-refractivity contribution in [3.63, 3.8) is 0 Å². The molecule has 2 nitrogen and oxygen atoms in total. The fourth-order valence-corrected chi connectivity index (χ4v) is 1.87. The molecule has 1 aliphatic rings. The second kappa shape index (κ2) is 4.71. The van der Waals surface area contributed by atoms with E-state index in [1.54, 1.807) is 6.07 Å². The van der Waals surface area contributed by atoms with Crippen molar-refractivity contribution in [2.75, 3.05) is 0 Å². The highest BCUT2D eigenvalue weighted by Crippen LogP contribution is 2.23. The fourth-order valence-electron chi connectivity index (χ4n) is 1.87. The van der Waals surface area contributed by atoms with E-state index in [0.717, 1.165) is 12.1 Å². The van der Waals surface area contributed by atoms with Crippen LogP contribution in [-0.4, -0.2) is 11.0 Å². The van der Waals surface area contributed by atoms with Crippen molar-refractivity contribution in [1.29, 1.82) is 0 Å². The highest BCUT2D eigenvalue weighted by molar-refractivity contribution is 5.10. The number of rotatable bonds is 4. The first-order valence-corrected chi connectivity index (χ1v) is 5.67. The van der Waals surface area contributed by atoms with E-state index in [1.165, 1.54) is 31.5 Å². The monoisotopic (exact) mass is 208 g/mol. The molecular weight excluding hydrogens is 191 g/mol. The topological polar surface area (TPSA) is 24.9 Å². The molecule has 1 N–H and O–H groups in total. The molecule has 1 aromatic rings. The van der Waals surface area contributed by atoms with Crippen molar-refractivity contribution >= 4 is 0 Å². The van der Waals surface area contributed by atoms with Crippen LogP contribution in [0.5, 0.6) is 0 Å². The molecule has 3 heteroatoms. The van der Waals surface area contributed by atoms with Crippen LogP contribution in [0.3, 0.4) is 0 Å². The van der Waals surface area contributed by atoms with Crippen molar-refractivity contribution in [1.82, 2.24) is 10.3 Å². The SMILES string of the molecule is CCC(NC1CCC1)c1ccc(F)cn1. The minimum atomic E-state index is -0.266. The minimum absolute atomic E-state index is 0.266. The molecule has 0 spiro atoms. The zero-order chi connectivity index (χ0) is 10.7. The summed E-state index contributed by atoms with van der Waals surface area (Å²) in [7, 11) is 0. The Balaban J connectivity index is 2.01. The highest BCUT2D eigenvalue weighted by Gasteiger charge is 2.21. The quantitative estimate of drug-likeness (QED) is 0.823. The Hall–Kier alpha value is -0.960. The third kappa shape index (κ3) is 2.53. The summed E-state index contributed by atoms with van der Waals surface area (Å²) in [4.78, 5) is 4.12. The second-order valence-corrected chi connectivity index (χ2v) is 4.16. The average Bonchev–Trinajstić information content (AvgIpc) is 2.19. The summed E-state index contributed by atoms with van der Waals surface area (Å²) in [6.07, 6.45) is 6.13. The Morgan fingerprint density at radius 3 is 2.80 bits per heavy atom. The molecule has 1 aliphatic carbocycles. The van der Waals surface area contributed by atoms with Crippen molar-refractivity contribution in [2.24, 2.45) is 0 Å². The minimum Gasteiger partial charge on any atom is -0.306 e. The summed E-state index contributed by atoms with van der Waals surface area (Å²) < 4.78 is 12.7. The van der Waals surface area contributed by atoms with Gasteiger partial charge in [-0.2, -0.15) is 0 Å². The molecule has 0 amide bonds. The molecule has 0 aromatic carbocycles. The lowest BCUT2D eigenvalue weighted by Gasteiger charge is -2.30. The lowest BCUT2D eigenvalue weighted by atomic mass is 9.91. The molecule has 0 aliphatic heterocycles. The molecule has 1 heterocycles. The normalized spacial score (nSPS) is 18.5. The maximum Gasteiger partial charge on any atom is 0.141 e. The highest BCUT2D eigenvalue weighted by atomic mass is 19.1. The third-order valence-corrected chi connectivity index (χ3v) is 3.06. The number of nitrogens with one attached hydrogen (secondary N) is 1. The molecule has 1 atom stereocenters. The molecule has 2 rings (SSSR count). The van der Waals surface area contributed by atoms with E-state index in [9.17, 15) is 4.39 Å². The lowest BCUT2D eigenvalue weighted by Crippen LogP contribution is -2.37.